The quantitative estimate of drug-likeness (QED) is 0.479. The number of carbonyl (C=O) groups excluding carboxylic acids is 2. The van der Waals surface area contributed by atoms with Crippen molar-refractivity contribution in [1.82, 2.24) is 14.6 Å². The van der Waals surface area contributed by atoms with E-state index >= 15 is 0 Å². The first-order chi connectivity index (χ1) is 15.1. The summed E-state index contributed by atoms with van der Waals surface area (Å²) in [4.78, 5) is 24.7. The molecule has 2 amide bonds. The monoisotopic (exact) mass is 417 g/mol. The molecule has 2 aromatic carbocycles. The zero-order chi connectivity index (χ0) is 21.6. The molecule has 0 unspecified atom stereocenters. The second-order valence-electron chi connectivity index (χ2n) is 6.48. The van der Waals surface area contributed by atoms with E-state index in [1.807, 2.05) is 18.2 Å². The summed E-state index contributed by atoms with van der Waals surface area (Å²) in [6, 6.07) is 19.3. The minimum Gasteiger partial charge on any atom is -0.495 e. The van der Waals surface area contributed by atoms with E-state index in [0.717, 1.165) is 0 Å². The van der Waals surface area contributed by atoms with Gasteiger partial charge in [-0.15, -0.1) is 5.10 Å². The maximum absolute atomic E-state index is 12.5. The number of hydrogen-bond acceptors (Lipinski definition) is 6. The predicted molar refractivity (Wildman–Crippen MR) is 115 cm³/mol. The Morgan fingerprint density at radius 2 is 1.71 bits per heavy atom. The van der Waals surface area contributed by atoms with Gasteiger partial charge in [0.25, 0.3) is 11.8 Å². The molecule has 2 aromatic heterocycles. The molecule has 0 saturated carbocycles. The third-order valence-corrected chi connectivity index (χ3v) is 4.40. The predicted octanol–water partition coefficient (Wildman–Crippen LogP) is 3.01. The fourth-order valence-electron chi connectivity index (χ4n) is 2.89. The summed E-state index contributed by atoms with van der Waals surface area (Å²) in [5.41, 5.74) is 2.18. The molecule has 0 saturated heterocycles. The van der Waals surface area contributed by atoms with E-state index in [9.17, 15) is 9.59 Å². The summed E-state index contributed by atoms with van der Waals surface area (Å²) >= 11 is 0. The van der Waals surface area contributed by atoms with Crippen molar-refractivity contribution in [3.8, 4) is 11.8 Å². The number of aromatic nitrogens is 3. The molecule has 9 heteroatoms. The molecule has 9 nitrogen and oxygen atoms in total. The van der Waals surface area contributed by atoms with Gasteiger partial charge in [-0.05, 0) is 48.5 Å². The van der Waals surface area contributed by atoms with E-state index in [4.69, 9.17) is 9.47 Å². The Morgan fingerprint density at radius 1 is 0.935 bits per heavy atom. The molecule has 0 fully saturated rings. The summed E-state index contributed by atoms with van der Waals surface area (Å²) in [6.45, 7) is -0.230. The van der Waals surface area contributed by atoms with Crippen molar-refractivity contribution in [2.24, 2.45) is 0 Å². The topological polar surface area (TPSA) is 107 Å². The van der Waals surface area contributed by atoms with Crippen molar-refractivity contribution in [2.45, 2.75) is 0 Å². The fourth-order valence-corrected chi connectivity index (χ4v) is 2.89. The fraction of sp³-hybridized carbons (Fsp3) is 0.0909. The molecule has 0 spiro atoms. The van der Waals surface area contributed by atoms with Gasteiger partial charge in [0.1, 0.15) is 5.75 Å². The number of fused-ring (bicyclic) bond motifs is 1. The number of amides is 2. The van der Waals surface area contributed by atoms with E-state index in [0.29, 0.717) is 28.3 Å². The van der Waals surface area contributed by atoms with Crippen LogP contribution in [0.5, 0.6) is 11.8 Å². The maximum Gasteiger partial charge on any atom is 0.322 e. The molecule has 2 heterocycles. The first kappa shape index (κ1) is 19.9. The largest absolute Gasteiger partial charge is 0.495 e. The Labute approximate surface area is 177 Å². The number of pyridine rings is 1. The SMILES string of the molecule is COc1ccccc1NC(=O)c1ccc(NC(=O)COc2nnc3ccccn23)cc1. The van der Waals surface area contributed by atoms with Gasteiger partial charge in [-0.2, -0.15) is 0 Å². The Morgan fingerprint density at radius 3 is 2.52 bits per heavy atom. The van der Waals surface area contributed by atoms with Gasteiger partial charge in [0.05, 0.1) is 12.8 Å². The van der Waals surface area contributed by atoms with Gasteiger partial charge >= 0.3 is 6.01 Å². The molecule has 0 aliphatic carbocycles. The number of carbonyl (C=O) groups is 2. The Hall–Kier alpha value is -4.40. The van der Waals surface area contributed by atoms with Gasteiger partial charge in [0.2, 0.25) is 0 Å². The summed E-state index contributed by atoms with van der Waals surface area (Å²) in [5, 5.41) is 13.4. The average Bonchev–Trinajstić information content (AvgIpc) is 3.21. The average molecular weight is 417 g/mol. The molecule has 0 bridgehead atoms. The summed E-state index contributed by atoms with van der Waals surface area (Å²) in [7, 11) is 1.54. The van der Waals surface area contributed by atoms with Crippen molar-refractivity contribution in [2.75, 3.05) is 24.4 Å². The van der Waals surface area contributed by atoms with Crippen molar-refractivity contribution in [3.63, 3.8) is 0 Å². The van der Waals surface area contributed by atoms with Crippen LogP contribution in [0, 0.1) is 0 Å². The molecule has 0 aliphatic rings. The third-order valence-electron chi connectivity index (χ3n) is 4.40. The third kappa shape index (κ3) is 4.61. The number of methoxy groups -OCH3 is 1. The number of rotatable bonds is 7. The highest BCUT2D eigenvalue weighted by atomic mass is 16.5. The van der Waals surface area contributed by atoms with Crippen LogP contribution in [-0.4, -0.2) is 40.1 Å². The van der Waals surface area contributed by atoms with E-state index in [1.54, 1.807) is 59.1 Å². The lowest BCUT2D eigenvalue weighted by molar-refractivity contribution is -0.118. The smallest absolute Gasteiger partial charge is 0.322 e. The number of benzene rings is 2. The van der Waals surface area contributed by atoms with Gasteiger partial charge in [-0.3, -0.25) is 14.0 Å². The number of ether oxygens (including phenoxy) is 2. The van der Waals surface area contributed by atoms with E-state index in [1.165, 1.54) is 7.11 Å². The minimum atomic E-state index is -0.362. The maximum atomic E-state index is 12.5. The van der Waals surface area contributed by atoms with Gasteiger partial charge in [0.15, 0.2) is 12.3 Å². The van der Waals surface area contributed by atoms with Crippen LogP contribution in [0.3, 0.4) is 0 Å². The Kier molecular flexibility index (Phi) is 5.75. The Bertz CT molecular complexity index is 1220. The zero-order valence-corrected chi connectivity index (χ0v) is 16.6. The normalized spacial score (nSPS) is 10.5. The van der Waals surface area contributed by atoms with Crippen LogP contribution in [0.2, 0.25) is 0 Å². The number of hydrogen-bond donors (Lipinski definition) is 2. The van der Waals surface area contributed by atoms with E-state index in [-0.39, 0.29) is 24.4 Å². The number of para-hydroxylation sites is 2. The highest BCUT2D eigenvalue weighted by molar-refractivity contribution is 6.05. The van der Waals surface area contributed by atoms with Crippen LogP contribution < -0.4 is 20.1 Å². The summed E-state index contributed by atoms with van der Waals surface area (Å²) < 4.78 is 12.3. The van der Waals surface area contributed by atoms with Gasteiger partial charge < -0.3 is 20.1 Å². The van der Waals surface area contributed by atoms with Crippen molar-refractivity contribution in [1.29, 1.82) is 0 Å². The van der Waals surface area contributed by atoms with Crippen LogP contribution in [-0.2, 0) is 4.79 Å². The van der Waals surface area contributed by atoms with Crippen LogP contribution in [0.4, 0.5) is 11.4 Å². The van der Waals surface area contributed by atoms with Gasteiger partial charge in [-0.25, -0.2) is 0 Å². The lowest BCUT2D eigenvalue weighted by Gasteiger charge is -2.10. The number of nitrogens with zero attached hydrogens (tertiary/aromatic N) is 3. The van der Waals surface area contributed by atoms with Crippen molar-refractivity contribution >= 4 is 28.8 Å². The Balaban J connectivity index is 1.33. The highest BCUT2D eigenvalue weighted by Gasteiger charge is 2.11. The van der Waals surface area contributed by atoms with Crippen LogP contribution in [0.15, 0.2) is 72.9 Å². The van der Waals surface area contributed by atoms with Crippen molar-refractivity contribution < 1.29 is 19.1 Å². The van der Waals surface area contributed by atoms with E-state index < -0.39 is 0 Å². The van der Waals surface area contributed by atoms with Crippen LogP contribution in [0.1, 0.15) is 10.4 Å². The first-order valence-electron chi connectivity index (χ1n) is 9.41. The highest BCUT2D eigenvalue weighted by Crippen LogP contribution is 2.24. The second kappa shape index (κ2) is 8.95. The molecule has 31 heavy (non-hydrogen) atoms. The lowest BCUT2D eigenvalue weighted by Crippen LogP contribution is -2.21. The molecule has 156 valence electrons. The standard InChI is InChI=1S/C22H19N5O4/c1-30-18-7-3-2-6-17(18)24-21(29)15-9-11-16(12-10-15)23-20(28)14-31-22-26-25-19-8-4-5-13-27(19)22/h2-13H,14H2,1H3,(H,23,28)(H,24,29). The summed E-state index contributed by atoms with van der Waals surface area (Å²) in [5.74, 6) is -0.0801. The molecule has 0 atom stereocenters. The molecule has 2 N–H and O–H groups in total. The first-order valence-corrected chi connectivity index (χ1v) is 9.41. The zero-order valence-electron chi connectivity index (χ0n) is 16.6. The second-order valence-corrected chi connectivity index (χ2v) is 6.48. The molecule has 0 aliphatic heterocycles. The minimum absolute atomic E-state index is 0.230. The molecule has 4 aromatic rings. The molecule has 0 radical (unpaired) electrons. The molecular weight excluding hydrogens is 398 g/mol. The van der Waals surface area contributed by atoms with Gasteiger partial charge in [-0.1, -0.05) is 23.3 Å². The number of nitrogens with one attached hydrogen (secondary N) is 2. The molecular formula is C22H19N5O4. The van der Waals surface area contributed by atoms with E-state index in [2.05, 4.69) is 20.8 Å². The summed E-state index contributed by atoms with van der Waals surface area (Å²) in [6.07, 6.45) is 1.75. The van der Waals surface area contributed by atoms with Crippen molar-refractivity contribution in [3.05, 3.63) is 78.5 Å². The molecule has 4 rings (SSSR count). The van der Waals surface area contributed by atoms with Crippen LogP contribution >= 0.6 is 0 Å². The van der Waals surface area contributed by atoms with Crippen LogP contribution in [0.25, 0.3) is 5.65 Å². The lowest BCUT2D eigenvalue weighted by atomic mass is 10.2. The number of anilines is 2. The van der Waals surface area contributed by atoms with Gasteiger partial charge in [0, 0.05) is 17.4 Å².